The van der Waals surface area contributed by atoms with Gasteiger partial charge in [0.2, 0.25) is 5.91 Å². The van der Waals surface area contributed by atoms with Crippen molar-refractivity contribution in [1.29, 1.82) is 0 Å². The number of rotatable bonds is 2. The molecule has 0 radical (unpaired) electrons. The van der Waals surface area contributed by atoms with Crippen molar-refractivity contribution in [1.82, 2.24) is 9.80 Å². The molecule has 114 valence electrons. The van der Waals surface area contributed by atoms with Gasteiger partial charge in [0.1, 0.15) is 0 Å². The first-order chi connectivity index (χ1) is 9.69. The molecule has 2 amide bonds. The lowest BCUT2D eigenvalue weighted by Gasteiger charge is -2.34. The van der Waals surface area contributed by atoms with Crippen LogP contribution < -0.4 is 5.73 Å². The number of hydrogen-bond acceptors (Lipinski definition) is 5. The topological polar surface area (TPSA) is 66.6 Å². The number of nitrogens with zero attached hydrogens (tertiary/aromatic N) is 2. The first-order valence-corrected chi connectivity index (χ1v) is 8.13. The Bertz CT molecular complexity index is 618. The maximum Gasteiger partial charge on any atom is 0.264 e. The minimum Gasteiger partial charge on any atom is -0.338 e. The first-order valence-electron chi connectivity index (χ1n) is 6.43. The molecule has 5 nitrogen and oxygen atoms in total. The Balaban J connectivity index is 0.00000161. The average Bonchev–Trinajstić information content (AvgIpc) is 3.07. The largest absolute Gasteiger partial charge is 0.338 e. The fourth-order valence-corrected chi connectivity index (χ4v) is 4.39. The van der Waals surface area contributed by atoms with Crippen molar-refractivity contribution in [3.63, 3.8) is 0 Å². The summed E-state index contributed by atoms with van der Waals surface area (Å²) in [6, 6.07) is 4.00. The third kappa shape index (κ3) is 3.21. The molecule has 1 saturated heterocycles. The molecule has 0 saturated carbocycles. The van der Waals surface area contributed by atoms with Gasteiger partial charge in [-0.05, 0) is 17.5 Å². The molecule has 0 spiro atoms. The highest BCUT2D eigenvalue weighted by molar-refractivity contribution is 7.27. The van der Waals surface area contributed by atoms with Crippen LogP contribution in [-0.4, -0.2) is 54.3 Å². The summed E-state index contributed by atoms with van der Waals surface area (Å²) in [6.07, 6.45) is 0. The zero-order valence-electron chi connectivity index (χ0n) is 11.3. The molecular weight excluding hydrogens is 330 g/mol. The molecule has 1 aliphatic rings. The molecule has 3 rings (SSSR count). The Hall–Kier alpha value is -1.15. The molecule has 0 bridgehead atoms. The molecule has 0 atom stereocenters. The maximum absolute atomic E-state index is 12.4. The Kier molecular flexibility index (Phi) is 5.21. The van der Waals surface area contributed by atoms with Crippen LogP contribution in [0.5, 0.6) is 0 Å². The molecule has 1 fully saturated rings. The number of amides is 2. The molecule has 2 N–H and O–H groups in total. The smallest absolute Gasteiger partial charge is 0.264 e. The van der Waals surface area contributed by atoms with Gasteiger partial charge in [-0.3, -0.25) is 9.59 Å². The van der Waals surface area contributed by atoms with Crippen molar-refractivity contribution in [3.8, 4) is 0 Å². The number of halogens is 1. The summed E-state index contributed by atoms with van der Waals surface area (Å²) >= 11 is 3.19. The van der Waals surface area contributed by atoms with Gasteiger partial charge in [0.15, 0.2) is 0 Å². The van der Waals surface area contributed by atoms with E-state index in [0.29, 0.717) is 26.2 Å². The summed E-state index contributed by atoms with van der Waals surface area (Å²) in [5.41, 5.74) is 5.35. The number of hydrogen-bond donors (Lipinski definition) is 1. The fourth-order valence-electron chi connectivity index (χ4n) is 2.32. The van der Waals surface area contributed by atoms with Gasteiger partial charge in [-0.1, -0.05) is 0 Å². The number of fused-ring (bicyclic) bond motifs is 1. The summed E-state index contributed by atoms with van der Waals surface area (Å²) in [6.45, 7) is 2.34. The van der Waals surface area contributed by atoms with Gasteiger partial charge >= 0.3 is 0 Å². The van der Waals surface area contributed by atoms with E-state index in [1.165, 1.54) is 11.3 Å². The lowest BCUT2D eigenvalue weighted by atomic mass is 10.3. The van der Waals surface area contributed by atoms with E-state index in [-0.39, 0.29) is 30.8 Å². The Labute approximate surface area is 136 Å². The van der Waals surface area contributed by atoms with E-state index in [0.717, 1.165) is 14.3 Å². The molecular formula is C13H16ClN3O2S2. The maximum atomic E-state index is 12.4. The van der Waals surface area contributed by atoms with Crippen molar-refractivity contribution in [2.45, 2.75) is 0 Å². The molecule has 2 aromatic rings. The van der Waals surface area contributed by atoms with Crippen LogP contribution in [-0.2, 0) is 4.79 Å². The number of thiophene rings is 2. The molecule has 21 heavy (non-hydrogen) atoms. The van der Waals surface area contributed by atoms with E-state index in [9.17, 15) is 9.59 Å². The predicted octanol–water partition coefficient (Wildman–Crippen LogP) is 1.63. The van der Waals surface area contributed by atoms with Gasteiger partial charge in [-0.2, -0.15) is 0 Å². The van der Waals surface area contributed by atoms with Crippen molar-refractivity contribution in [2.75, 3.05) is 32.7 Å². The summed E-state index contributed by atoms with van der Waals surface area (Å²) in [7, 11) is 0. The summed E-state index contributed by atoms with van der Waals surface area (Å²) in [5, 5.41) is 2.03. The van der Waals surface area contributed by atoms with Gasteiger partial charge < -0.3 is 15.5 Å². The van der Waals surface area contributed by atoms with Crippen LogP contribution in [0.4, 0.5) is 0 Å². The van der Waals surface area contributed by atoms with E-state index in [1.807, 2.05) is 22.4 Å². The number of carbonyl (C=O) groups excluding carboxylic acids is 2. The van der Waals surface area contributed by atoms with Crippen molar-refractivity contribution in [2.24, 2.45) is 5.73 Å². The third-order valence-corrected chi connectivity index (χ3v) is 5.53. The normalized spacial score (nSPS) is 15.1. The quantitative estimate of drug-likeness (QED) is 0.899. The molecule has 8 heteroatoms. The highest BCUT2D eigenvalue weighted by atomic mass is 35.5. The molecule has 0 unspecified atom stereocenters. The average molecular weight is 346 g/mol. The van der Waals surface area contributed by atoms with Crippen molar-refractivity contribution < 1.29 is 9.59 Å². The van der Waals surface area contributed by atoms with E-state index < -0.39 is 0 Å². The highest BCUT2D eigenvalue weighted by Gasteiger charge is 2.25. The highest BCUT2D eigenvalue weighted by Crippen LogP contribution is 2.30. The second kappa shape index (κ2) is 6.74. The lowest BCUT2D eigenvalue weighted by molar-refractivity contribution is -0.131. The third-order valence-electron chi connectivity index (χ3n) is 3.44. The lowest BCUT2D eigenvalue weighted by Crippen LogP contribution is -2.51. The van der Waals surface area contributed by atoms with Crippen LogP contribution in [0.2, 0.25) is 0 Å². The number of piperazine rings is 1. The second-order valence-corrected chi connectivity index (χ2v) is 6.67. The van der Waals surface area contributed by atoms with E-state index in [4.69, 9.17) is 5.73 Å². The summed E-state index contributed by atoms with van der Waals surface area (Å²) < 4.78 is 2.32. The molecule has 1 aliphatic heterocycles. The number of nitrogens with two attached hydrogens (primary N) is 1. The zero-order valence-corrected chi connectivity index (χ0v) is 13.7. The molecule has 0 aliphatic carbocycles. The van der Waals surface area contributed by atoms with E-state index in [1.54, 1.807) is 16.2 Å². The Morgan fingerprint density at radius 3 is 2.43 bits per heavy atom. The molecule has 3 heterocycles. The van der Waals surface area contributed by atoms with Gasteiger partial charge in [-0.25, -0.2) is 0 Å². The van der Waals surface area contributed by atoms with Crippen LogP contribution in [0.15, 0.2) is 17.5 Å². The van der Waals surface area contributed by atoms with Crippen LogP contribution in [0.1, 0.15) is 9.67 Å². The Morgan fingerprint density at radius 2 is 1.81 bits per heavy atom. The monoisotopic (exact) mass is 345 g/mol. The number of carbonyl (C=O) groups is 2. The van der Waals surface area contributed by atoms with Gasteiger partial charge in [0, 0.05) is 35.6 Å². The summed E-state index contributed by atoms with van der Waals surface area (Å²) in [5.74, 6) is 0.0204. The molecule has 0 aromatic carbocycles. The van der Waals surface area contributed by atoms with Crippen LogP contribution >= 0.6 is 35.1 Å². The zero-order chi connectivity index (χ0) is 14.1. The molecule has 2 aromatic heterocycles. The van der Waals surface area contributed by atoms with E-state index in [2.05, 4.69) is 0 Å². The second-order valence-electron chi connectivity index (χ2n) is 4.64. The Morgan fingerprint density at radius 1 is 1.14 bits per heavy atom. The van der Waals surface area contributed by atoms with Crippen molar-refractivity contribution >= 4 is 56.3 Å². The van der Waals surface area contributed by atoms with Crippen LogP contribution in [0.3, 0.4) is 0 Å². The minimum absolute atomic E-state index is 0. The predicted molar refractivity (Wildman–Crippen MR) is 88.5 cm³/mol. The minimum atomic E-state index is -0.0475. The van der Waals surface area contributed by atoms with Gasteiger partial charge in [-0.15, -0.1) is 35.1 Å². The SMILES string of the molecule is Cl.NCC(=O)N1CCN(C(=O)c2cc3sccc3s2)CC1. The van der Waals surface area contributed by atoms with Gasteiger partial charge in [0.25, 0.3) is 5.91 Å². The van der Waals surface area contributed by atoms with E-state index >= 15 is 0 Å². The van der Waals surface area contributed by atoms with Crippen molar-refractivity contribution in [3.05, 3.63) is 22.4 Å². The first kappa shape index (κ1) is 16.2. The fraction of sp³-hybridized carbons (Fsp3) is 0.385. The summed E-state index contributed by atoms with van der Waals surface area (Å²) in [4.78, 5) is 28.2. The van der Waals surface area contributed by atoms with Gasteiger partial charge in [0.05, 0.1) is 11.4 Å². The van der Waals surface area contributed by atoms with Crippen LogP contribution in [0, 0.1) is 0 Å². The standard InChI is InChI=1S/C13H15N3O2S2.ClH/c14-8-12(17)15-2-4-16(5-3-15)13(18)11-7-10-9(20-11)1-6-19-10;/h1,6-7H,2-5,8,14H2;1H. The van der Waals surface area contributed by atoms with Crippen LogP contribution in [0.25, 0.3) is 9.40 Å².